The van der Waals surface area contributed by atoms with Crippen molar-refractivity contribution in [3.8, 4) is 0 Å². The Hall–Kier alpha value is -3.03. The van der Waals surface area contributed by atoms with Gasteiger partial charge in [0, 0.05) is 36.2 Å². The molecule has 30 heavy (non-hydrogen) atoms. The van der Waals surface area contributed by atoms with Crippen molar-refractivity contribution in [1.82, 2.24) is 14.4 Å². The van der Waals surface area contributed by atoms with Gasteiger partial charge in [-0.2, -0.15) is 0 Å². The lowest BCUT2D eigenvalue weighted by Gasteiger charge is -2.09. The first-order chi connectivity index (χ1) is 14.3. The number of benzene rings is 2. The molecule has 0 atom stereocenters. The van der Waals surface area contributed by atoms with Crippen LogP contribution < -0.4 is 0 Å². The van der Waals surface area contributed by atoms with Crippen LogP contribution in [0.15, 0.2) is 77.0 Å². The molecule has 0 fully saturated rings. The Labute approximate surface area is 179 Å². The Morgan fingerprint density at radius 2 is 1.87 bits per heavy atom. The number of rotatable bonds is 6. The topological polar surface area (TPSA) is 81.4 Å². The van der Waals surface area contributed by atoms with Crippen LogP contribution in [0.3, 0.4) is 0 Å². The summed E-state index contributed by atoms with van der Waals surface area (Å²) >= 11 is 5.98. The monoisotopic (exact) mass is 439 g/mol. The van der Waals surface area contributed by atoms with E-state index in [9.17, 15) is 13.2 Å². The van der Waals surface area contributed by atoms with Gasteiger partial charge < -0.3 is 0 Å². The summed E-state index contributed by atoms with van der Waals surface area (Å²) in [7, 11) is -3.67. The lowest BCUT2D eigenvalue weighted by atomic mass is 10.0. The van der Waals surface area contributed by atoms with Gasteiger partial charge in [-0.1, -0.05) is 29.8 Å². The summed E-state index contributed by atoms with van der Waals surface area (Å²) < 4.78 is 27.6. The Bertz CT molecular complexity index is 1350. The molecule has 2 aromatic heterocycles. The number of carbonyl (C=O) groups is 1. The van der Waals surface area contributed by atoms with Crippen LogP contribution in [0.1, 0.15) is 27.9 Å². The van der Waals surface area contributed by atoms with E-state index in [1.54, 1.807) is 66.3 Å². The van der Waals surface area contributed by atoms with Crippen molar-refractivity contribution in [3.63, 3.8) is 0 Å². The highest BCUT2D eigenvalue weighted by molar-refractivity contribution is 7.91. The predicted molar refractivity (Wildman–Crippen MR) is 114 cm³/mol. The van der Waals surface area contributed by atoms with E-state index in [1.165, 1.54) is 12.3 Å². The molecule has 0 aliphatic rings. The van der Waals surface area contributed by atoms with Crippen molar-refractivity contribution in [1.29, 1.82) is 0 Å². The van der Waals surface area contributed by atoms with Crippen molar-refractivity contribution < 1.29 is 13.2 Å². The third-order valence-corrected chi connectivity index (χ3v) is 7.03. The maximum atomic E-state index is 12.9. The van der Waals surface area contributed by atoms with E-state index < -0.39 is 9.84 Å². The molecule has 4 aromatic rings. The average Bonchev–Trinajstić information content (AvgIpc) is 3.22. The number of fused-ring (bicyclic) bond motifs is 1. The van der Waals surface area contributed by atoms with Crippen LogP contribution in [0.2, 0.25) is 5.02 Å². The summed E-state index contributed by atoms with van der Waals surface area (Å²) in [5, 5.41) is 0.373. The molecule has 6 nitrogen and oxygen atoms in total. The molecule has 0 amide bonds. The molecule has 0 spiro atoms. The maximum absolute atomic E-state index is 12.9. The molecule has 0 N–H and O–H groups in total. The van der Waals surface area contributed by atoms with Crippen molar-refractivity contribution in [2.45, 2.75) is 29.6 Å². The van der Waals surface area contributed by atoms with E-state index in [4.69, 9.17) is 11.6 Å². The first-order valence-corrected chi connectivity index (χ1v) is 11.1. The van der Waals surface area contributed by atoms with Gasteiger partial charge in [-0.15, -0.1) is 0 Å². The second kappa shape index (κ2) is 8.01. The van der Waals surface area contributed by atoms with Gasteiger partial charge in [0.15, 0.2) is 5.78 Å². The van der Waals surface area contributed by atoms with E-state index in [2.05, 4.69) is 9.97 Å². The second-order valence-electron chi connectivity index (χ2n) is 6.96. The Morgan fingerprint density at radius 3 is 2.63 bits per heavy atom. The van der Waals surface area contributed by atoms with E-state index in [-0.39, 0.29) is 15.6 Å². The molecule has 2 aromatic carbocycles. The minimum atomic E-state index is -3.67. The first kappa shape index (κ1) is 20.3. The largest absolute Gasteiger partial charge is 0.294 e. The summed E-state index contributed by atoms with van der Waals surface area (Å²) in [5.74, 6) is 0.502. The van der Waals surface area contributed by atoms with Crippen LogP contribution in [-0.4, -0.2) is 28.6 Å². The Morgan fingerprint density at radius 1 is 1.10 bits per heavy atom. The van der Waals surface area contributed by atoms with Gasteiger partial charge in [0.05, 0.1) is 15.4 Å². The quantitative estimate of drug-likeness (QED) is 0.417. The molecule has 4 rings (SSSR count). The van der Waals surface area contributed by atoms with Crippen molar-refractivity contribution in [2.24, 2.45) is 0 Å². The van der Waals surface area contributed by atoms with Crippen LogP contribution in [0.25, 0.3) is 5.78 Å². The fourth-order valence-electron chi connectivity index (χ4n) is 3.19. The first-order valence-electron chi connectivity index (χ1n) is 9.27. The molecule has 0 aliphatic carbocycles. The molecule has 0 aliphatic heterocycles. The molecule has 0 saturated heterocycles. The van der Waals surface area contributed by atoms with Gasteiger partial charge in [0.1, 0.15) is 0 Å². The average molecular weight is 440 g/mol. The van der Waals surface area contributed by atoms with Crippen molar-refractivity contribution in [3.05, 3.63) is 89.0 Å². The Balaban J connectivity index is 1.48. The molecule has 8 heteroatoms. The summed E-state index contributed by atoms with van der Waals surface area (Å²) in [6.07, 6.45) is 7.38. The molecule has 0 saturated carbocycles. The van der Waals surface area contributed by atoms with Gasteiger partial charge in [0.2, 0.25) is 15.6 Å². The number of ketones is 1. The third-order valence-electron chi connectivity index (χ3n) is 4.88. The van der Waals surface area contributed by atoms with Gasteiger partial charge in [0.25, 0.3) is 0 Å². The molecular weight excluding hydrogens is 422 g/mol. The summed E-state index contributed by atoms with van der Waals surface area (Å²) in [6, 6.07) is 11.4. The summed E-state index contributed by atoms with van der Waals surface area (Å²) in [5.41, 5.74) is 2.02. The molecule has 0 radical (unpaired) electrons. The number of aryl methyl sites for hydroxylation is 2. The second-order valence-corrected chi connectivity index (χ2v) is 9.31. The van der Waals surface area contributed by atoms with Crippen molar-refractivity contribution >= 4 is 33.0 Å². The fourth-order valence-corrected chi connectivity index (χ4v) is 4.95. The highest BCUT2D eigenvalue weighted by Crippen LogP contribution is 2.27. The van der Waals surface area contributed by atoms with E-state index in [0.29, 0.717) is 34.8 Å². The van der Waals surface area contributed by atoms with Gasteiger partial charge in [-0.25, -0.2) is 18.4 Å². The number of imidazole rings is 1. The lowest BCUT2D eigenvalue weighted by molar-refractivity contribution is 0.0982. The fraction of sp³-hybridized carbons (Fsp3) is 0.136. The molecular formula is C22H18ClN3O3S. The zero-order chi connectivity index (χ0) is 21.3. The van der Waals surface area contributed by atoms with E-state index in [0.717, 1.165) is 5.56 Å². The molecule has 0 bridgehead atoms. The third kappa shape index (κ3) is 3.99. The Kier molecular flexibility index (Phi) is 5.40. The van der Waals surface area contributed by atoms with Crippen LogP contribution in [-0.2, 0) is 16.3 Å². The van der Waals surface area contributed by atoms with Gasteiger partial charge in [-0.05, 0) is 48.7 Å². The number of Topliss-reactive ketones (excluding diaryl/α,β-unsaturated/α-hetero) is 1. The SMILES string of the molecule is Cc1ccc(Cl)cc1S(=O)(=O)c1ccc(CCC(=O)c2cnc3nccn3c2)cc1. The molecule has 152 valence electrons. The van der Waals surface area contributed by atoms with E-state index in [1.807, 2.05) is 0 Å². The number of hydrogen-bond donors (Lipinski definition) is 0. The maximum Gasteiger partial charge on any atom is 0.233 e. The standard InChI is InChI=1S/C22H18ClN3O3S/c1-15-2-6-18(23)12-21(15)30(28,29)19-7-3-16(4-8-19)5-9-20(27)17-13-25-22-24-10-11-26(22)14-17/h2-4,6-8,10-14H,5,9H2,1H3. The minimum Gasteiger partial charge on any atom is -0.294 e. The smallest absolute Gasteiger partial charge is 0.233 e. The number of carbonyl (C=O) groups excluding carboxylic acids is 1. The minimum absolute atomic E-state index is 0.0376. The number of sulfone groups is 1. The zero-order valence-corrected chi connectivity index (χ0v) is 17.7. The zero-order valence-electron chi connectivity index (χ0n) is 16.1. The number of nitrogens with zero attached hydrogens (tertiary/aromatic N) is 3. The van der Waals surface area contributed by atoms with Gasteiger partial charge >= 0.3 is 0 Å². The van der Waals surface area contributed by atoms with Crippen LogP contribution >= 0.6 is 11.6 Å². The number of aromatic nitrogens is 3. The summed E-state index contributed by atoms with van der Waals surface area (Å²) in [4.78, 5) is 21.1. The van der Waals surface area contributed by atoms with Crippen molar-refractivity contribution in [2.75, 3.05) is 0 Å². The predicted octanol–water partition coefficient (Wildman–Crippen LogP) is 4.34. The lowest BCUT2D eigenvalue weighted by Crippen LogP contribution is -2.05. The highest BCUT2D eigenvalue weighted by Gasteiger charge is 2.20. The molecule has 0 unspecified atom stereocenters. The number of hydrogen-bond acceptors (Lipinski definition) is 5. The number of halogens is 1. The normalized spacial score (nSPS) is 11.7. The molecule has 2 heterocycles. The van der Waals surface area contributed by atoms with Gasteiger partial charge in [-0.3, -0.25) is 9.20 Å². The van der Waals surface area contributed by atoms with Crippen LogP contribution in [0.4, 0.5) is 0 Å². The van der Waals surface area contributed by atoms with E-state index >= 15 is 0 Å². The summed E-state index contributed by atoms with van der Waals surface area (Å²) in [6.45, 7) is 1.74. The van der Waals surface area contributed by atoms with Crippen LogP contribution in [0.5, 0.6) is 0 Å². The van der Waals surface area contributed by atoms with Crippen LogP contribution in [0, 0.1) is 6.92 Å². The highest BCUT2D eigenvalue weighted by atomic mass is 35.5.